The lowest BCUT2D eigenvalue weighted by molar-refractivity contribution is 0.249. The molecule has 1 unspecified atom stereocenters. The normalized spacial score (nSPS) is 12.5. The van der Waals surface area contributed by atoms with E-state index in [0.717, 1.165) is 5.56 Å². The number of hydrogen-bond acceptors (Lipinski definition) is 3. The molecule has 0 spiro atoms. The number of anilines is 1. The van der Waals surface area contributed by atoms with Crippen molar-refractivity contribution in [2.45, 2.75) is 24.8 Å². The number of carbonyl (C=O) groups excluding carboxylic acids is 1. The van der Waals surface area contributed by atoms with Crippen LogP contribution in [-0.2, 0) is 10.0 Å². The molecular weight excluding hydrogens is 333 g/mol. The highest BCUT2D eigenvalue weighted by Gasteiger charge is 2.13. The maximum atomic E-state index is 13.2. The summed E-state index contributed by atoms with van der Waals surface area (Å²) in [5, 5.41) is 10.3. The van der Waals surface area contributed by atoms with Crippen LogP contribution >= 0.6 is 0 Å². The van der Waals surface area contributed by atoms with Crippen LogP contribution in [0.3, 0.4) is 0 Å². The molecule has 2 aromatic carbocycles. The summed E-state index contributed by atoms with van der Waals surface area (Å²) in [7, 11) is -3.75. The first-order valence-corrected chi connectivity index (χ1v) is 8.68. The molecule has 0 saturated heterocycles. The van der Waals surface area contributed by atoms with E-state index in [-0.39, 0.29) is 10.9 Å². The van der Waals surface area contributed by atoms with Crippen LogP contribution in [-0.4, -0.2) is 14.4 Å². The Kier molecular flexibility index (Phi) is 5.20. The van der Waals surface area contributed by atoms with Gasteiger partial charge in [-0.1, -0.05) is 18.2 Å². The van der Waals surface area contributed by atoms with E-state index in [1.165, 1.54) is 24.3 Å². The molecule has 2 amide bonds. The summed E-state index contributed by atoms with van der Waals surface area (Å²) in [5.74, 6) is -0.442. The van der Waals surface area contributed by atoms with Gasteiger partial charge in [0.05, 0.1) is 10.9 Å². The minimum Gasteiger partial charge on any atom is -0.331 e. The fourth-order valence-electron chi connectivity index (χ4n) is 2.11. The van der Waals surface area contributed by atoms with Gasteiger partial charge < -0.3 is 10.6 Å². The van der Waals surface area contributed by atoms with Gasteiger partial charge in [-0.05, 0) is 49.2 Å². The van der Waals surface area contributed by atoms with E-state index in [9.17, 15) is 17.6 Å². The van der Waals surface area contributed by atoms with Gasteiger partial charge in [-0.2, -0.15) is 0 Å². The van der Waals surface area contributed by atoms with E-state index in [1.54, 1.807) is 32.0 Å². The fraction of sp³-hybridized carbons (Fsp3) is 0.188. The van der Waals surface area contributed by atoms with Gasteiger partial charge in [-0.25, -0.2) is 22.7 Å². The van der Waals surface area contributed by atoms with Gasteiger partial charge in [0.15, 0.2) is 0 Å². The molecule has 0 saturated carbocycles. The Hall–Kier alpha value is -2.45. The van der Waals surface area contributed by atoms with Gasteiger partial charge in [0.25, 0.3) is 0 Å². The number of hydrogen-bond donors (Lipinski definition) is 3. The zero-order valence-corrected chi connectivity index (χ0v) is 14.0. The molecule has 24 heavy (non-hydrogen) atoms. The number of rotatable bonds is 4. The lowest BCUT2D eigenvalue weighted by atomic mass is 10.1. The van der Waals surface area contributed by atoms with E-state index < -0.39 is 21.9 Å². The number of nitrogens with one attached hydrogen (secondary N) is 2. The third-order valence-electron chi connectivity index (χ3n) is 3.50. The smallest absolute Gasteiger partial charge is 0.319 e. The molecule has 0 aromatic heterocycles. The lowest BCUT2D eigenvalue weighted by Gasteiger charge is -2.16. The summed E-state index contributed by atoms with van der Waals surface area (Å²) in [5.41, 5.74) is 1.81. The largest absolute Gasteiger partial charge is 0.331 e. The van der Waals surface area contributed by atoms with Crippen molar-refractivity contribution in [2.75, 3.05) is 5.32 Å². The monoisotopic (exact) mass is 351 g/mol. The third kappa shape index (κ3) is 4.53. The van der Waals surface area contributed by atoms with Gasteiger partial charge in [-0.3, -0.25) is 0 Å². The van der Waals surface area contributed by atoms with Crippen LogP contribution in [0.15, 0.2) is 47.4 Å². The van der Waals surface area contributed by atoms with E-state index in [4.69, 9.17) is 5.14 Å². The molecular formula is C16H18FN3O3S. The van der Waals surface area contributed by atoms with Crippen molar-refractivity contribution >= 4 is 21.7 Å². The Morgan fingerprint density at radius 1 is 1.17 bits per heavy atom. The van der Waals surface area contributed by atoms with E-state index in [1.807, 2.05) is 0 Å². The zero-order valence-electron chi connectivity index (χ0n) is 13.2. The number of primary sulfonamides is 1. The summed E-state index contributed by atoms with van der Waals surface area (Å²) in [4.78, 5) is 12.0. The van der Waals surface area contributed by atoms with Crippen LogP contribution in [0.25, 0.3) is 0 Å². The third-order valence-corrected chi connectivity index (χ3v) is 4.43. The number of urea groups is 1. The molecule has 0 heterocycles. The molecule has 0 radical (unpaired) electrons. The first kappa shape index (κ1) is 17.9. The molecule has 0 aliphatic rings. The van der Waals surface area contributed by atoms with Crippen LogP contribution in [0, 0.1) is 12.7 Å². The second kappa shape index (κ2) is 6.98. The Morgan fingerprint density at radius 3 is 2.38 bits per heavy atom. The molecule has 128 valence electrons. The number of benzene rings is 2. The van der Waals surface area contributed by atoms with E-state index >= 15 is 0 Å². The molecule has 2 rings (SSSR count). The topological polar surface area (TPSA) is 101 Å². The second-order valence-electron chi connectivity index (χ2n) is 5.39. The number of aryl methyl sites for hydroxylation is 1. The zero-order chi connectivity index (χ0) is 17.9. The highest BCUT2D eigenvalue weighted by atomic mass is 32.2. The van der Waals surface area contributed by atoms with Crippen LogP contribution < -0.4 is 15.8 Å². The van der Waals surface area contributed by atoms with Gasteiger partial charge in [-0.15, -0.1) is 0 Å². The Labute approximate surface area is 139 Å². The maximum absolute atomic E-state index is 13.2. The average molecular weight is 351 g/mol. The first-order valence-electron chi connectivity index (χ1n) is 7.13. The molecule has 4 N–H and O–H groups in total. The lowest BCUT2D eigenvalue weighted by Crippen LogP contribution is -2.31. The first-order chi connectivity index (χ1) is 11.2. The SMILES string of the molecule is Cc1ccc(F)cc1NC(=O)NC(C)c1ccc(S(N)(=O)=O)cc1. The molecule has 8 heteroatoms. The quantitative estimate of drug-likeness (QED) is 0.789. The predicted octanol–water partition coefficient (Wildman–Crippen LogP) is 2.66. The summed E-state index contributed by atoms with van der Waals surface area (Å²) in [6.07, 6.45) is 0. The molecule has 0 aliphatic carbocycles. The minimum absolute atomic E-state index is 0.00159. The van der Waals surface area contributed by atoms with Gasteiger partial charge >= 0.3 is 6.03 Å². The van der Waals surface area contributed by atoms with Crippen molar-refractivity contribution in [2.24, 2.45) is 5.14 Å². The minimum atomic E-state index is -3.75. The Bertz CT molecular complexity index is 851. The molecule has 0 aliphatic heterocycles. The van der Waals surface area contributed by atoms with Crippen molar-refractivity contribution in [1.82, 2.24) is 5.32 Å². The van der Waals surface area contributed by atoms with Crippen molar-refractivity contribution in [3.8, 4) is 0 Å². The van der Waals surface area contributed by atoms with Gasteiger partial charge in [0.2, 0.25) is 10.0 Å². The standard InChI is InChI=1S/C16H18FN3O3S/c1-10-3-6-13(17)9-15(10)20-16(21)19-11(2)12-4-7-14(8-5-12)24(18,22)23/h3-9,11H,1-2H3,(H2,18,22,23)(H2,19,20,21). The summed E-state index contributed by atoms with van der Waals surface area (Å²) in [6, 6.07) is 9.13. The predicted molar refractivity (Wildman–Crippen MR) is 89.5 cm³/mol. The van der Waals surface area contributed by atoms with Crippen LogP contribution in [0.2, 0.25) is 0 Å². The van der Waals surface area contributed by atoms with Crippen molar-refractivity contribution in [3.63, 3.8) is 0 Å². The van der Waals surface area contributed by atoms with Crippen LogP contribution in [0.5, 0.6) is 0 Å². The van der Waals surface area contributed by atoms with Crippen molar-refractivity contribution in [1.29, 1.82) is 0 Å². The summed E-state index contributed by atoms with van der Waals surface area (Å²) in [6.45, 7) is 3.49. The fourth-order valence-corrected chi connectivity index (χ4v) is 2.63. The number of nitrogens with two attached hydrogens (primary N) is 1. The maximum Gasteiger partial charge on any atom is 0.319 e. The summed E-state index contributed by atoms with van der Waals surface area (Å²) < 4.78 is 35.7. The Balaban J connectivity index is 2.05. The van der Waals surface area contributed by atoms with Crippen molar-refractivity contribution < 1.29 is 17.6 Å². The highest BCUT2D eigenvalue weighted by molar-refractivity contribution is 7.89. The second-order valence-corrected chi connectivity index (χ2v) is 6.95. The molecule has 0 bridgehead atoms. The molecule has 2 aromatic rings. The number of sulfonamides is 1. The van der Waals surface area contributed by atoms with Gasteiger partial charge in [0, 0.05) is 5.69 Å². The van der Waals surface area contributed by atoms with Gasteiger partial charge in [0.1, 0.15) is 5.82 Å². The van der Waals surface area contributed by atoms with Crippen LogP contribution in [0.4, 0.5) is 14.9 Å². The Morgan fingerprint density at radius 2 is 1.79 bits per heavy atom. The average Bonchev–Trinajstić information content (AvgIpc) is 2.50. The van der Waals surface area contributed by atoms with E-state index in [2.05, 4.69) is 10.6 Å². The summed E-state index contributed by atoms with van der Waals surface area (Å²) >= 11 is 0. The number of amides is 2. The number of halogens is 1. The highest BCUT2D eigenvalue weighted by Crippen LogP contribution is 2.18. The molecule has 6 nitrogen and oxygen atoms in total. The molecule has 1 atom stereocenters. The van der Waals surface area contributed by atoms with Crippen LogP contribution in [0.1, 0.15) is 24.1 Å². The van der Waals surface area contributed by atoms with Crippen molar-refractivity contribution in [3.05, 3.63) is 59.4 Å². The number of carbonyl (C=O) groups is 1. The molecule has 0 fully saturated rings. The van der Waals surface area contributed by atoms with E-state index in [0.29, 0.717) is 11.3 Å².